The Labute approximate surface area is 148 Å². The van der Waals surface area contributed by atoms with E-state index in [9.17, 15) is 22.0 Å². The van der Waals surface area contributed by atoms with Crippen LogP contribution >= 0.6 is 11.8 Å². The molecule has 0 fully saturated rings. The smallest absolute Gasteiger partial charge is 0.321 e. The molecule has 0 aliphatic carbocycles. The molecule has 2 rings (SSSR count). The summed E-state index contributed by atoms with van der Waals surface area (Å²) < 4.78 is 47.8. The molecule has 2 aromatic rings. The lowest BCUT2D eigenvalue weighted by molar-refractivity contribution is 0.102. The summed E-state index contributed by atoms with van der Waals surface area (Å²) in [5.74, 6) is -3.29. The summed E-state index contributed by atoms with van der Waals surface area (Å²) >= 11 is 1.50. The first kappa shape index (κ1) is 19.1. The predicted molar refractivity (Wildman–Crippen MR) is 94.9 cm³/mol. The number of thioether (sulfide) groups is 1. The molecule has 0 heterocycles. The van der Waals surface area contributed by atoms with Gasteiger partial charge in [-0.05, 0) is 36.4 Å². The molecule has 1 amide bonds. The van der Waals surface area contributed by atoms with Gasteiger partial charge in [-0.1, -0.05) is 18.2 Å². The molecule has 0 spiro atoms. The fraction of sp³-hybridized carbons (Fsp3) is 0.118. The Hall–Kier alpha value is -2.19. The lowest BCUT2D eigenvalue weighted by atomic mass is 10.2. The summed E-state index contributed by atoms with van der Waals surface area (Å²) in [7, 11) is -4.67. The molecule has 2 aromatic carbocycles. The van der Waals surface area contributed by atoms with Crippen LogP contribution in [-0.4, -0.2) is 25.8 Å². The highest BCUT2D eigenvalue weighted by Gasteiger charge is 2.26. The molecule has 0 aliphatic rings. The number of carbonyl (C=O) groups is 1. The Bertz CT molecular complexity index is 866. The topological polar surface area (TPSA) is 63.2 Å². The van der Waals surface area contributed by atoms with Gasteiger partial charge in [-0.25, -0.2) is 8.42 Å². The molecule has 0 aromatic heterocycles. The van der Waals surface area contributed by atoms with Crippen molar-refractivity contribution in [2.24, 2.45) is 0 Å². The van der Waals surface area contributed by atoms with Crippen LogP contribution < -0.4 is 5.32 Å². The van der Waals surface area contributed by atoms with Gasteiger partial charge in [-0.2, -0.15) is 8.78 Å². The zero-order chi connectivity index (χ0) is 18.4. The summed E-state index contributed by atoms with van der Waals surface area (Å²) in [6.07, 6.45) is 1.74. The van der Waals surface area contributed by atoms with Crippen molar-refractivity contribution in [3.63, 3.8) is 0 Å². The molecule has 25 heavy (non-hydrogen) atoms. The number of benzene rings is 2. The molecule has 8 heteroatoms. The van der Waals surface area contributed by atoms with E-state index in [4.69, 9.17) is 0 Å². The Morgan fingerprint density at radius 3 is 2.40 bits per heavy atom. The van der Waals surface area contributed by atoms with Gasteiger partial charge in [-0.15, -0.1) is 18.3 Å². The van der Waals surface area contributed by atoms with Crippen LogP contribution in [0.4, 0.5) is 14.5 Å². The van der Waals surface area contributed by atoms with Crippen molar-refractivity contribution < 1.29 is 22.0 Å². The Morgan fingerprint density at radius 1 is 1.16 bits per heavy atom. The largest absolute Gasteiger partial charge is 0.341 e. The van der Waals surface area contributed by atoms with Gasteiger partial charge < -0.3 is 5.32 Å². The maximum atomic E-state index is 12.5. The molecule has 0 atom stereocenters. The second kappa shape index (κ2) is 8.26. The lowest BCUT2D eigenvalue weighted by Gasteiger charge is -2.10. The standard InChI is InChI=1S/C17H15F2NO3S2/c1-2-11-24-15-6-4-3-5-14(15)20-16(21)12-7-9-13(10-8-12)25(22,23)17(18)19/h2-10,17H,1,11H2,(H,20,21). The maximum absolute atomic E-state index is 12.5. The van der Waals surface area contributed by atoms with E-state index in [-0.39, 0.29) is 5.56 Å². The first-order valence-corrected chi connectivity index (χ1v) is 9.65. The molecular weight excluding hydrogens is 368 g/mol. The highest BCUT2D eigenvalue weighted by molar-refractivity contribution is 7.99. The van der Waals surface area contributed by atoms with E-state index in [1.165, 1.54) is 23.9 Å². The van der Waals surface area contributed by atoms with Crippen molar-refractivity contribution >= 4 is 33.2 Å². The van der Waals surface area contributed by atoms with E-state index in [1.54, 1.807) is 18.2 Å². The van der Waals surface area contributed by atoms with Crippen molar-refractivity contribution in [1.29, 1.82) is 0 Å². The minimum Gasteiger partial charge on any atom is -0.321 e. The Kier molecular flexibility index (Phi) is 6.33. The second-order valence-electron chi connectivity index (χ2n) is 4.88. The molecular formula is C17H15F2NO3S2. The van der Waals surface area contributed by atoms with Crippen LogP contribution in [0.1, 0.15) is 10.4 Å². The van der Waals surface area contributed by atoms with E-state index in [0.717, 1.165) is 17.0 Å². The summed E-state index contributed by atoms with van der Waals surface area (Å²) in [4.78, 5) is 12.6. The van der Waals surface area contributed by atoms with E-state index in [2.05, 4.69) is 11.9 Å². The zero-order valence-corrected chi connectivity index (χ0v) is 14.6. The minimum absolute atomic E-state index is 0.164. The number of alkyl halides is 2. The number of hydrogen-bond donors (Lipinski definition) is 1. The summed E-state index contributed by atoms with van der Waals surface area (Å²) in [6, 6.07) is 11.6. The van der Waals surface area contributed by atoms with Gasteiger partial charge in [0.1, 0.15) is 0 Å². The van der Waals surface area contributed by atoms with Crippen LogP contribution in [0.15, 0.2) is 71.0 Å². The van der Waals surface area contributed by atoms with Gasteiger partial charge in [0.05, 0.1) is 10.6 Å². The van der Waals surface area contributed by atoms with Gasteiger partial charge in [0, 0.05) is 16.2 Å². The minimum atomic E-state index is -4.67. The number of hydrogen-bond acceptors (Lipinski definition) is 4. The number of halogens is 2. The van der Waals surface area contributed by atoms with E-state index >= 15 is 0 Å². The normalized spacial score (nSPS) is 11.3. The third-order valence-electron chi connectivity index (χ3n) is 3.17. The van der Waals surface area contributed by atoms with Gasteiger partial charge in [0.25, 0.3) is 5.91 Å². The predicted octanol–water partition coefficient (Wildman–Crippen LogP) is 4.21. The van der Waals surface area contributed by atoms with Gasteiger partial charge in [-0.3, -0.25) is 4.79 Å². The molecule has 0 saturated carbocycles. The molecule has 1 N–H and O–H groups in total. The number of rotatable bonds is 7. The zero-order valence-electron chi connectivity index (χ0n) is 13.0. The lowest BCUT2D eigenvalue weighted by Crippen LogP contribution is -2.14. The number of carbonyl (C=O) groups excluding carboxylic acids is 1. The van der Waals surface area contributed by atoms with Gasteiger partial charge in [0.2, 0.25) is 9.84 Å². The summed E-state index contributed by atoms with van der Waals surface area (Å²) in [5.41, 5.74) is 0.764. The van der Waals surface area contributed by atoms with Crippen LogP contribution in [0.5, 0.6) is 0 Å². The second-order valence-corrected chi connectivity index (χ2v) is 7.86. The molecule has 0 radical (unpaired) electrons. The van der Waals surface area contributed by atoms with Crippen LogP contribution in [-0.2, 0) is 9.84 Å². The fourth-order valence-corrected chi connectivity index (χ4v) is 3.41. The number of nitrogens with one attached hydrogen (secondary N) is 1. The van der Waals surface area contributed by atoms with Crippen LogP contribution in [0.3, 0.4) is 0 Å². The van der Waals surface area contributed by atoms with Crippen LogP contribution in [0.2, 0.25) is 0 Å². The van der Waals surface area contributed by atoms with Crippen molar-refractivity contribution in [2.75, 3.05) is 11.1 Å². The van der Waals surface area contributed by atoms with Crippen LogP contribution in [0.25, 0.3) is 0 Å². The molecule has 0 unspecified atom stereocenters. The number of anilines is 1. The number of amides is 1. The summed E-state index contributed by atoms with van der Waals surface area (Å²) in [6.45, 7) is 3.64. The quantitative estimate of drug-likeness (QED) is 0.575. The van der Waals surface area contributed by atoms with E-state index in [0.29, 0.717) is 11.4 Å². The summed E-state index contributed by atoms with van der Waals surface area (Å²) in [5, 5.41) is 2.73. The van der Waals surface area contributed by atoms with Crippen molar-refractivity contribution in [3.8, 4) is 0 Å². The van der Waals surface area contributed by atoms with Gasteiger partial charge >= 0.3 is 5.76 Å². The average molecular weight is 383 g/mol. The first-order valence-electron chi connectivity index (χ1n) is 7.12. The van der Waals surface area contributed by atoms with E-state index < -0.39 is 26.4 Å². The average Bonchev–Trinajstić information content (AvgIpc) is 2.61. The molecule has 0 aliphatic heterocycles. The third-order valence-corrected chi connectivity index (χ3v) is 5.64. The van der Waals surface area contributed by atoms with Crippen molar-refractivity contribution in [1.82, 2.24) is 0 Å². The Morgan fingerprint density at radius 2 is 1.80 bits per heavy atom. The van der Waals surface area contributed by atoms with Gasteiger partial charge in [0.15, 0.2) is 0 Å². The molecule has 132 valence electrons. The number of para-hydroxylation sites is 1. The molecule has 4 nitrogen and oxygen atoms in total. The highest BCUT2D eigenvalue weighted by Crippen LogP contribution is 2.27. The fourth-order valence-electron chi connectivity index (χ4n) is 1.94. The number of sulfone groups is 1. The van der Waals surface area contributed by atoms with Crippen molar-refractivity contribution in [2.45, 2.75) is 15.5 Å². The van der Waals surface area contributed by atoms with Crippen LogP contribution in [0, 0.1) is 0 Å². The maximum Gasteiger partial charge on any atom is 0.341 e. The SMILES string of the molecule is C=CCSc1ccccc1NC(=O)c1ccc(S(=O)(=O)C(F)F)cc1. The Balaban J connectivity index is 2.18. The molecule has 0 bridgehead atoms. The van der Waals surface area contributed by atoms with E-state index in [1.807, 2.05) is 12.1 Å². The highest BCUT2D eigenvalue weighted by atomic mass is 32.2. The third kappa shape index (κ3) is 4.67. The first-order chi connectivity index (χ1) is 11.9. The monoisotopic (exact) mass is 383 g/mol. The van der Waals surface area contributed by atoms with Crippen molar-refractivity contribution in [3.05, 3.63) is 66.7 Å². The molecule has 0 saturated heterocycles.